The molecule has 1 N–H and O–H groups in total. The van der Waals surface area contributed by atoms with Crippen molar-refractivity contribution >= 4 is 38.4 Å². The lowest BCUT2D eigenvalue weighted by molar-refractivity contribution is -0.119. The van der Waals surface area contributed by atoms with Gasteiger partial charge in [0.25, 0.3) is 0 Å². The summed E-state index contributed by atoms with van der Waals surface area (Å²) in [4.78, 5) is 28.5. The van der Waals surface area contributed by atoms with E-state index < -0.39 is 27.9 Å². The van der Waals surface area contributed by atoms with E-state index in [0.717, 1.165) is 5.69 Å². The third-order valence-electron chi connectivity index (χ3n) is 4.34. The van der Waals surface area contributed by atoms with Crippen LogP contribution in [0.25, 0.3) is 0 Å². The number of rotatable bonds is 5. The van der Waals surface area contributed by atoms with Gasteiger partial charge in [-0.25, -0.2) is 18.2 Å². The second-order valence-corrected chi connectivity index (χ2v) is 8.97. The van der Waals surface area contributed by atoms with Crippen LogP contribution in [-0.2, 0) is 26.6 Å². The highest BCUT2D eigenvalue weighted by atomic mass is 32.2. The first kappa shape index (κ1) is 19.5. The quantitative estimate of drug-likeness (QED) is 0.743. The molecule has 11 heteroatoms. The summed E-state index contributed by atoms with van der Waals surface area (Å²) in [7, 11) is -1.15. The van der Waals surface area contributed by atoms with Crippen LogP contribution in [0.4, 0.5) is 5.13 Å². The molecule has 2 aromatic heterocycles. The van der Waals surface area contributed by atoms with Crippen LogP contribution in [-0.4, -0.2) is 53.8 Å². The van der Waals surface area contributed by atoms with Gasteiger partial charge in [0.15, 0.2) is 5.13 Å². The molecular formula is C16H20N4O5S2. The Morgan fingerprint density at radius 2 is 2.15 bits per heavy atom. The van der Waals surface area contributed by atoms with Crippen LogP contribution in [0.2, 0.25) is 0 Å². The Labute approximate surface area is 161 Å². The first-order valence-electron chi connectivity index (χ1n) is 8.23. The lowest BCUT2D eigenvalue weighted by Gasteiger charge is -2.22. The number of hydrogen-bond donors (Lipinski definition) is 1. The summed E-state index contributed by atoms with van der Waals surface area (Å²) in [5.74, 6) is -1.04. The minimum Gasteiger partial charge on any atom is -0.464 e. The number of sulfonamides is 1. The van der Waals surface area contributed by atoms with Crippen molar-refractivity contribution < 1.29 is 22.7 Å². The molecule has 0 radical (unpaired) electrons. The van der Waals surface area contributed by atoms with Crippen LogP contribution >= 0.6 is 11.3 Å². The maximum absolute atomic E-state index is 13.0. The molecule has 1 atom stereocenters. The van der Waals surface area contributed by atoms with Crippen molar-refractivity contribution in [1.82, 2.24) is 13.9 Å². The number of thiazole rings is 1. The van der Waals surface area contributed by atoms with Crippen molar-refractivity contribution in [1.29, 1.82) is 0 Å². The highest BCUT2D eigenvalue weighted by molar-refractivity contribution is 7.89. The van der Waals surface area contributed by atoms with Crippen molar-refractivity contribution in [2.24, 2.45) is 7.05 Å². The third kappa shape index (κ3) is 3.75. The van der Waals surface area contributed by atoms with E-state index in [1.807, 2.05) is 6.92 Å². The smallest absolute Gasteiger partial charge is 0.354 e. The summed E-state index contributed by atoms with van der Waals surface area (Å²) in [5, 5.41) is 4.93. The van der Waals surface area contributed by atoms with Gasteiger partial charge < -0.3 is 14.6 Å². The van der Waals surface area contributed by atoms with E-state index in [4.69, 9.17) is 0 Å². The van der Waals surface area contributed by atoms with E-state index in [-0.39, 0.29) is 17.1 Å². The number of carbonyl (C=O) groups is 2. The molecule has 3 rings (SSSR count). The molecule has 9 nitrogen and oxygen atoms in total. The third-order valence-corrected chi connectivity index (χ3v) is 7.09. The Balaban J connectivity index is 1.85. The first-order valence-corrected chi connectivity index (χ1v) is 10.6. The molecule has 0 saturated carbocycles. The van der Waals surface area contributed by atoms with Crippen molar-refractivity contribution in [3.63, 3.8) is 0 Å². The van der Waals surface area contributed by atoms with E-state index in [1.165, 1.54) is 39.6 Å². The van der Waals surface area contributed by atoms with Crippen molar-refractivity contribution in [2.75, 3.05) is 19.0 Å². The van der Waals surface area contributed by atoms with E-state index in [1.54, 1.807) is 12.4 Å². The van der Waals surface area contributed by atoms with Crippen LogP contribution in [0.5, 0.6) is 0 Å². The van der Waals surface area contributed by atoms with Crippen molar-refractivity contribution in [3.05, 3.63) is 29.0 Å². The molecule has 27 heavy (non-hydrogen) atoms. The van der Waals surface area contributed by atoms with Crippen LogP contribution in [0.3, 0.4) is 0 Å². The Bertz CT molecular complexity index is 979. The lowest BCUT2D eigenvalue weighted by Crippen LogP contribution is -2.43. The van der Waals surface area contributed by atoms with Crippen LogP contribution in [0.1, 0.15) is 29.0 Å². The number of nitrogens with one attached hydrogen (secondary N) is 1. The second kappa shape index (κ2) is 7.41. The highest BCUT2D eigenvalue weighted by Gasteiger charge is 2.40. The van der Waals surface area contributed by atoms with Gasteiger partial charge in [-0.05, 0) is 25.8 Å². The number of hydrogen-bond acceptors (Lipinski definition) is 7. The summed E-state index contributed by atoms with van der Waals surface area (Å²) in [5.41, 5.74) is 0.903. The van der Waals surface area contributed by atoms with Crippen molar-refractivity contribution in [3.8, 4) is 0 Å². The second-order valence-electron chi connectivity index (χ2n) is 6.22. The average Bonchev–Trinajstić information content (AvgIpc) is 3.34. The fourth-order valence-electron chi connectivity index (χ4n) is 3.01. The molecule has 146 valence electrons. The SMILES string of the molecule is COC(=O)c1cc(S(=O)(=O)N2CCC[C@H]2C(=O)Nc2nc(C)cs2)cn1C. The number of aryl methyl sites for hydroxylation is 2. The van der Waals surface area contributed by atoms with Crippen LogP contribution in [0.15, 0.2) is 22.5 Å². The molecule has 0 aliphatic carbocycles. The predicted octanol–water partition coefficient (Wildman–Crippen LogP) is 1.37. The zero-order valence-corrected chi connectivity index (χ0v) is 16.8. The van der Waals surface area contributed by atoms with E-state index in [2.05, 4.69) is 15.0 Å². The molecule has 1 amide bonds. The molecule has 1 saturated heterocycles. The Morgan fingerprint density at radius 3 is 2.78 bits per heavy atom. The van der Waals surface area contributed by atoms with Gasteiger partial charge in [0.05, 0.1) is 12.8 Å². The van der Waals surface area contributed by atoms with Gasteiger partial charge in [0.2, 0.25) is 15.9 Å². The lowest BCUT2D eigenvalue weighted by atomic mass is 10.2. The van der Waals surface area contributed by atoms with Gasteiger partial charge in [-0.2, -0.15) is 4.31 Å². The molecular weight excluding hydrogens is 392 g/mol. The Kier molecular flexibility index (Phi) is 5.36. The summed E-state index contributed by atoms with van der Waals surface area (Å²) in [6.07, 6.45) is 2.34. The van der Waals surface area contributed by atoms with Crippen LogP contribution in [0, 0.1) is 6.92 Å². The minimum atomic E-state index is -3.94. The van der Waals surface area contributed by atoms with E-state index >= 15 is 0 Å². The number of esters is 1. The molecule has 3 heterocycles. The molecule has 0 spiro atoms. The summed E-state index contributed by atoms with van der Waals surface area (Å²) < 4.78 is 33.3. The normalized spacial score (nSPS) is 17.8. The number of carbonyl (C=O) groups excluding carboxylic acids is 2. The van der Waals surface area contributed by atoms with E-state index in [0.29, 0.717) is 18.0 Å². The monoisotopic (exact) mass is 412 g/mol. The molecule has 0 bridgehead atoms. The molecule has 0 aromatic carbocycles. The molecule has 2 aromatic rings. The summed E-state index contributed by atoms with van der Waals surface area (Å²) >= 11 is 1.29. The van der Waals surface area contributed by atoms with Gasteiger partial charge in [0, 0.05) is 25.2 Å². The fraction of sp³-hybridized carbons (Fsp3) is 0.438. The molecule has 0 unspecified atom stereocenters. The highest BCUT2D eigenvalue weighted by Crippen LogP contribution is 2.28. The van der Waals surface area contributed by atoms with Gasteiger partial charge >= 0.3 is 5.97 Å². The number of methoxy groups -OCH3 is 1. The van der Waals surface area contributed by atoms with Gasteiger partial charge in [-0.15, -0.1) is 11.3 Å². The van der Waals surface area contributed by atoms with Crippen LogP contribution < -0.4 is 5.32 Å². The van der Waals surface area contributed by atoms with E-state index in [9.17, 15) is 18.0 Å². The number of aromatic nitrogens is 2. The average molecular weight is 412 g/mol. The fourth-order valence-corrected chi connectivity index (χ4v) is 5.43. The minimum absolute atomic E-state index is 0.0461. The maximum atomic E-state index is 13.0. The zero-order valence-electron chi connectivity index (χ0n) is 15.1. The summed E-state index contributed by atoms with van der Waals surface area (Å²) in [6, 6.07) is 0.444. The molecule has 1 aliphatic heterocycles. The first-order chi connectivity index (χ1) is 12.7. The summed E-state index contributed by atoms with van der Waals surface area (Å²) in [6.45, 7) is 2.05. The van der Waals surface area contributed by atoms with Gasteiger partial charge in [-0.3, -0.25) is 4.79 Å². The Morgan fingerprint density at radius 1 is 1.41 bits per heavy atom. The number of ether oxygens (including phenoxy) is 1. The predicted molar refractivity (Wildman–Crippen MR) is 99.1 cm³/mol. The number of amides is 1. The number of nitrogens with zero attached hydrogens (tertiary/aromatic N) is 3. The standard InChI is InChI=1S/C16H20N4O5S2/c1-10-9-26-16(17-10)18-14(21)12-5-4-6-20(12)27(23,24)11-7-13(15(22)25-3)19(2)8-11/h7-9,12H,4-6H2,1-3H3,(H,17,18,21)/t12-/m0/s1. The Hall–Kier alpha value is -2.24. The molecule has 1 fully saturated rings. The van der Waals surface area contributed by atoms with Crippen molar-refractivity contribution in [2.45, 2.75) is 30.7 Å². The topological polar surface area (TPSA) is 111 Å². The largest absolute Gasteiger partial charge is 0.464 e. The number of anilines is 1. The van der Waals surface area contributed by atoms with Gasteiger partial charge in [0.1, 0.15) is 16.6 Å². The maximum Gasteiger partial charge on any atom is 0.354 e. The molecule has 1 aliphatic rings. The van der Waals surface area contributed by atoms with Gasteiger partial charge in [-0.1, -0.05) is 0 Å². The zero-order chi connectivity index (χ0) is 19.8.